The minimum absolute atomic E-state index is 0.615. The molecule has 0 heterocycles. The van der Waals surface area contributed by atoms with Gasteiger partial charge >= 0.3 is 0 Å². The SMILES string of the molecule is C=CCCOc1c(Cl)cccc1CNCC(C)C. The van der Waals surface area contributed by atoms with Crippen molar-refractivity contribution in [3.63, 3.8) is 0 Å². The predicted molar refractivity (Wildman–Crippen MR) is 78.3 cm³/mol. The summed E-state index contributed by atoms with van der Waals surface area (Å²) in [6.07, 6.45) is 2.66. The standard InChI is InChI=1S/C15H22ClNO/c1-4-5-9-18-15-13(7-6-8-14(15)16)11-17-10-12(2)3/h4,6-8,12,17H,1,5,9-11H2,2-3H3. The Bertz CT molecular complexity index is 377. The van der Waals surface area contributed by atoms with Crippen molar-refractivity contribution in [1.82, 2.24) is 5.32 Å². The molecule has 0 atom stereocenters. The van der Waals surface area contributed by atoms with Crippen LogP contribution >= 0.6 is 11.6 Å². The Morgan fingerprint density at radius 2 is 2.22 bits per heavy atom. The maximum atomic E-state index is 6.17. The van der Waals surface area contributed by atoms with Crippen molar-refractivity contribution in [2.75, 3.05) is 13.2 Å². The van der Waals surface area contributed by atoms with Gasteiger partial charge in [-0.3, -0.25) is 0 Å². The van der Waals surface area contributed by atoms with Crippen LogP contribution in [0.3, 0.4) is 0 Å². The summed E-state index contributed by atoms with van der Waals surface area (Å²) in [6, 6.07) is 5.86. The zero-order valence-electron chi connectivity index (χ0n) is 11.2. The number of benzene rings is 1. The summed E-state index contributed by atoms with van der Waals surface area (Å²) in [7, 11) is 0. The number of rotatable bonds is 8. The number of nitrogens with one attached hydrogen (secondary N) is 1. The zero-order valence-corrected chi connectivity index (χ0v) is 12.0. The fraction of sp³-hybridized carbons (Fsp3) is 0.467. The maximum Gasteiger partial charge on any atom is 0.142 e. The molecule has 1 aromatic rings. The third-order valence-corrected chi connectivity index (χ3v) is 2.78. The molecule has 0 aliphatic heterocycles. The van der Waals surface area contributed by atoms with Crippen molar-refractivity contribution in [2.24, 2.45) is 5.92 Å². The van der Waals surface area contributed by atoms with Crippen LogP contribution in [0.15, 0.2) is 30.9 Å². The van der Waals surface area contributed by atoms with E-state index in [9.17, 15) is 0 Å². The Morgan fingerprint density at radius 1 is 1.44 bits per heavy atom. The lowest BCUT2D eigenvalue weighted by molar-refractivity contribution is 0.320. The van der Waals surface area contributed by atoms with Crippen LogP contribution in [0, 0.1) is 5.92 Å². The summed E-state index contributed by atoms with van der Waals surface area (Å²) < 4.78 is 5.72. The number of ether oxygens (including phenoxy) is 1. The molecule has 3 heteroatoms. The number of halogens is 1. The largest absolute Gasteiger partial charge is 0.491 e. The predicted octanol–water partition coefficient (Wildman–Crippen LogP) is 4.04. The Morgan fingerprint density at radius 3 is 2.89 bits per heavy atom. The van der Waals surface area contributed by atoms with Crippen LogP contribution in [-0.4, -0.2) is 13.2 Å². The highest BCUT2D eigenvalue weighted by Gasteiger charge is 2.08. The van der Waals surface area contributed by atoms with Gasteiger partial charge in [-0.2, -0.15) is 0 Å². The van der Waals surface area contributed by atoms with Crippen molar-refractivity contribution >= 4 is 11.6 Å². The first-order valence-corrected chi connectivity index (χ1v) is 6.74. The molecule has 0 spiro atoms. The fourth-order valence-electron chi connectivity index (χ4n) is 1.59. The first-order chi connectivity index (χ1) is 8.65. The monoisotopic (exact) mass is 267 g/mol. The van der Waals surface area contributed by atoms with E-state index in [-0.39, 0.29) is 0 Å². The fourth-order valence-corrected chi connectivity index (χ4v) is 1.84. The highest BCUT2D eigenvalue weighted by atomic mass is 35.5. The molecule has 1 N–H and O–H groups in total. The van der Waals surface area contributed by atoms with Gasteiger partial charge in [0, 0.05) is 12.1 Å². The molecule has 18 heavy (non-hydrogen) atoms. The van der Waals surface area contributed by atoms with Crippen LogP contribution in [0.4, 0.5) is 0 Å². The lowest BCUT2D eigenvalue weighted by atomic mass is 10.1. The number of hydrogen-bond acceptors (Lipinski definition) is 2. The van der Waals surface area contributed by atoms with Gasteiger partial charge < -0.3 is 10.1 Å². The van der Waals surface area contributed by atoms with Crippen molar-refractivity contribution < 1.29 is 4.74 Å². The molecule has 0 fully saturated rings. The molecule has 0 aliphatic carbocycles. The van der Waals surface area contributed by atoms with Gasteiger partial charge in [0.25, 0.3) is 0 Å². The zero-order chi connectivity index (χ0) is 13.4. The molecule has 0 aliphatic rings. The minimum Gasteiger partial charge on any atom is -0.491 e. The summed E-state index contributed by atoms with van der Waals surface area (Å²) in [6.45, 7) is 10.4. The molecule has 1 rings (SSSR count). The van der Waals surface area contributed by atoms with Crippen LogP contribution in [-0.2, 0) is 6.54 Å². The second-order valence-electron chi connectivity index (χ2n) is 4.68. The Hall–Kier alpha value is -0.990. The molecule has 0 bridgehead atoms. The first-order valence-electron chi connectivity index (χ1n) is 6.37. The summed E-state index contributed by atoms with van der Waals surface area (Å²) in [5, 5.41) is 4.07. The van der Waals surface area contributed by atoms with Crippen LogP contribution in [0.1, 0.15) is 25.8 Å². The van der Waals surface area contributed by atoms with Gasteiger partial charge in [0.05, 0.1) is 11.6 Å². The van der Waals surface area contributed by atoms with Gasteiger partial charge in [0.1, 0.15) is 5.75 Å². The second kappa shape index (κ2) is 8.17. The summed E-state index contributed by atoms with van der Waals surface area (Å²) in [4.78, 5) is 0. The normalized spacial score (nSPS) is 10.7. The molecular weight excluding hydrogens is 246 g/mol. The van der Waals surface area contributed by atoms with Gasteiger partial charge in [-0.1, -0.05) is 43.7 Å². The molecule has 0 saturated carbocycles. The molecule has 0 amide bonds. The smallest absolute Gasteiger partial charge is 0.142 e. The van der Waals surface area contributed by atoms with E-state index in [2.05, 4.69) is 25.7 Å². The van der Waals surface area contributed by atoms with E-state index >= 15 is 0 Å². The summed E-state index contributed by atoms with van der Waals surface area (Å²) in [5.74, 6) is 1.42. The third kappa shape index (κ3) is 5.11. The molecule has 0 saturated heterocycles. The molecule has 1 aromatic carbocycles. The van der Waals surface area contributed by atoms with E-state index in [1.807, 2.05) is 24.3 Å². The van der Waals surface area contributed by atoms with Gasteiger partial charge in [0.2, 0.25) is 0 Å². The Labute approximate surface area is 115 Å². The Balaban J connectivity index is 2.64. The lowest BCUT2D eigenvalue weighted by Crippen LogP contribution is -2.19. The third-order valence-electron chi connectivity index (χ3n) is 2.48. The highest BCUT2D eigenvalue weighted by molar-refractivity contribution is 6.32. The molecular formula is C15H22ClNO. The van der Waals surface area contributed by atoms with Gasteiger partial charge in [-0.25, -0.2) is 0 Å². The second-order valence-corrected chi connectivity index (χ2v) is 5.09. The van der Waals surface area contributed by atoms with E-state index in [0.717, 1.165) is 30.8 Å². The van der Waals surface area contributed by atoms with Crippen LogP contribution in [0.25, 0.3) is 0 Å². The van der Waals surface area contributed by atoms with E-state index < -0.39 is 0 Å². The number of para-hydroxylation sites is 1. The molecule has 0 unspecified atom stereocenters. The molecule has 0 radical (unpaired) electrons. The van der Waals surface area contributed by atoms with Crippen molar-refractivity contribution in [1.29, 1.82) is 0 Å². The maximum absolute atomic E-state index is 6.17. The average molecular weight is 268 g/mol. The van der Waals surface area contributed by atoms with Crippen molar-refractivity contribution in [3.05, 3.63) is 41.4 Å². The molecule has 100 valence electrons. The van der Waals surface area contributed by atoms with E-state index in [1.165, 1.54) is 0 Å². The first kappa shape index (κ1) is 15.1. The molecule has 2 nitrogen and oxygen atoms in total. The van der Waals surface area contributed by atoms with Gasteiger partial charge in [0.15, 0.2) is 0 Å². The van der Waals surface area contributed by atoms with Crippen molar-refractivity contribution in [3.8, 4) is 5.75 Å². The summed E-state index contributed by atoms with van der Waals surface area (Å²) >= 11 is 6.17. The van der Waals surface area contributed by atoms with Crippen molar-refractivity contribution in [2.45, 2.75) is 26.8 Å². The average Bonchev–Trinajstić information content (AvgIpc) is 2.32. The van der Waals surface area contributed by atoms with E-state index in [0.29, 0.717) is 17.5 Å². The van der Waals surface area contributed by atoms with Gasteiger partial charge in [-0.15, -0.1) is 6.58 Å². The van der Waals surface area contributed by atoms with Crippen LogP contribution in [0.5, 0.6) is 5.75 Å². The van der Waals surface area contributed by atoms with Crippen LogP contribution < -0.4 is 10.1 Å². The highest BCUT2D eigenvalue weighted by Crippen LogP contribution is 2.28. The van der Waals surface area contributed by atoms with Gasteiger partial charge in [-0.05, 0) is 24.9 Å². The minimum atomic E-state index is 0.615. The summed E-state index contributed by atoms with van der Waals surface area (Å²) in [5.41, 5.74) is 1.10. The van der Waals surface area contributed by atoms with E-state index in [4.69, 9.17) is 16.3 Å². The topological polar surface area (TPSA) is 21.3 Å². The lowest BCUT2D eigenvalue weighted by Gasteiger charge is -2.14. The molecule has 0 aromatic heterocycles. The Kier molecular flexibility index (Phi) is 6.84. The van der Waals surface area contributed by atoms with E-state index in [1.54, 1.807) is 0 Å². The number of hydrogen-bond donors (Lipinski definition) is 1. The van der Waals surface area contributed by atoms with Crippen LogP contribution in [0.2, 0.25) is 5.02 Å². The quantitative estimate of drug-likeness (QED) is 0.567.